The first-order chi connectivity index (χ1) is 13.5. The predicted molar refractivity (Wildman–Crippen MR) is 114 cm³/mol. The highest BCUT2D eigenvalue weighted by Gasteiger charge is 2.26. The van der Waals surface area contributed by atoms with Crippen LogP contribution in [0, 0.1) is 0 Å². The van der Waals surface area contributed by atoms with Crippen LogP contribution in [0.2, 0.25) is 0 Å². The summed E-state index contributed by atoms with van der Waals surface area (Å²) in [5.41, 5.74) is 0.153. The molecule has 0 saturated carbocycles. The summed E-state index contributed by atoms with van der Waals surface area (Å²) < 4.78 is 13.1. The molecule has 1 aromatic heterocycles. The Kier molecular flexibility index (Phi) is 5.07. The Morgan fingerprint density at radius 3 is 2.18 bits per heavy atom. The van der Waals surface area contributed by atoms with Gasteiger partial charge in [0, 0.05) is 10.1 Å². The van der Waals surface area contributed by atoms with Crippen LogP contribution in [-0.4, -0.2) is 5.11 Å². The van der Waals surface area contributed by atoms with E-state index in [1.807, 2.05) is 78.9 Å². The fourth-order valence-corrected chi connectivity index (χ4v) is 4.12. The number of hydrogen-bond acceptors (Lipinski definition) is 4. The van der Waals surface area contributed by atoms with Gasteiger partial charge >= 0.3 is 0 Å². The second-order valence-electron chi connectivity index (χ2n) is 7.16. The molecular weight excluding hydrogens is 368 g/mol. The van der Waals surface area contributed by atoms with Crippen molar-refractivity contribution in [3.05, 3.63) is 89.3 Å². The second-order valence-corrected chi connectivity index (χ2v) is 8.22. The molecule has 0 spiro atoms. The molecule has 1 heterocycles. The van der Waals surface area contributed by atoms with Crippen LogP contribution in [0.4, 0.5) is 0 Å². The molecule has 1 N–H and O–H groups in total. The fourth-order valence-electron chi connectivity index (χ4n) is 2.99. The Labute approximate surface area is 168 Å². The van der Waals surface area contributed by atoms with Crippen LogP contribution >= 0.6 is 11.3 Å². The summed E-state index contributed by atoms with van der Waals surface area (Å²) in [5.74, 6) is 2.21. The number of rotatable bonds is 6. The number of hydrogen-bond donors (Lipinski definition) is 1. The molecule has 0 aliphatic rings. The monoisotopic (exact) mass is 390 g/mol. The Bertz CT molecular complexity index is 1060. The molecule has 0 aliphatic carbocycles. The smallest absolute Gasteiger partial charge is 0.152 e. The normalized spacial score (nSPS) is 11.5. The van der Waals surface area contributed by atoms with E-state index < -0.39 is 5.60 Å². The molecule has 0 saturated heterocycles. The van der Waals surface area contributed by atoms with Crippen molar-refractivity contribution in [2.45, 2.75) is 26.1 Å². The molecule has 0 fully saturated rings. The molecule has 0 aliphatic heterocycles. The summed E-state index contributed by atoms with van der Waals surface area (Å²) in [6, 6.07) is 25.7. The van der Waals surface area contributed by atoms with E-state index in [4.69, 9.17) is 9.47 Å². The maximum absolute atomic E-state index is 10.6. The lowest BCUT2D eigenvalue weighted by atomic mass is 10.1. The third-order valence-corrected chi connectivity index (χ3v) is 5.86. The molecule has 142 valence electrons. The van der Waals surface area contributed by atoms with Gasteiger partial charge in [0.05, 0.1) is 10.5 Å². The SMILES string of the molecule is CC(C)(O)c1sc2ccccc2c1Oc1ccc(OCc2ccccc2)cc1. The van der Waals surface area contributed by atoms with Gasteiger partial charge in [-0.05, 0) is 55.8 Å². The molecule has 0 amide bonds. The van der Waals surface area contributed by atoms with Gasteiger partial charge < -0.3 is 14.6 Å². The van der Waals surface area contributed by atoms with E-state index in [-0.39, 0.29) is 0 Å². The van der Waals surface area contributed by atoms with Gasteiger partial charge in [0.15, 0.2) is 5.75 Å². The lowest BCUT2D eigenvalue weighted by Gasteiger charge is -2.18. The van der Waals surface area contributed by atoms with Crippen LogP contribution < -0.4 is 9.47 Å². The lowest BCUT2D eigenvalue weighted by Crippen LogP contribution is -2.14. The predicted octanol–water partition coefficient (Wildman–Crippen LogP) is 6.50. The number of fused-ring (bicyclic) bond motifs is 1. The minimum atomic E-state index is -0.974. The van der Waals surface area contributed by atoms with Crippen molar-refractivity contribution < 1.29 is 14.6 Å². The molecule has 4 rings (SSSR count). The summed E-state index contributed by atoms with van der Waals surface area (Å²) in [6.45, 7) is 4.09. The molecule has 3 aromatic carbocycles. The average Bonchev–Trinajstić information content (AvgIpc) is 3.07. The highest BCUT2D eigenvalue weighted by Crippen LogP contribution is 2.45. The fraction of sp³-hybridized carbons (Fsp3) is 0.167. The van der Waals surface area contributed by atoms with E-state index in [1.165, 1.54) is 0 Å². The highest BCUT2D eigenvalue weighted by atomic mass is 32.1. The van der Waals surface area contributed by atoms with Crippen LogP contribution in [0.15, 0.2) is 78.9 Å². The second kappa shape index (κ2) is 7.66. The summed E-state index contributed by atoms with van der Waals surface area (Å²) in [5, 5.41) is 11.6. The Morgan fingerprint density at radius 2 is 1.46 bits per heavy atom. The zero-order valence-electron chi connectivity index (χ0n) is 15.9. The van der Waals surface area contributed by atoms with Gasteiger partial charge in [-0.1, -0.05) is 42.5 Å². The molecule has 4 aromatic rings. The number of benzene rings is 3. The minimum Gasteiger partial charge on any atom is -0.489 e. The van der Waals surface area contributed by atoms with Gasteiger partial charge in [0.25, 0.3) is 0 Å². The van der Waals surface area contributed by atoms with Gasteiger partial charge in [0.2, 0.25) is 0 Å². The van der Waals surface area contributed by atoms with E-state index >= 15 is 0 Å². The molecule has 0 unspecified atom stereocenters. The Balaban J connectivity index is 1.55. The average molecular weight is 391 g/mol. The van der Waals surface area contributed by atoms with Gasteiger partial charge in [0.1, 0.15) is 18.1 Å². The van der Waals surface area contributed by atoms with Gasteiger partial charge in [-0.3, -0.25) is 0 Å². The first-order valence-corrected chi connectivity index (χ1v) is 10.0. The third kappa shape index (κ3) is 4.03. The minimum absolute atomic E-state index is 0.527. The van der Waals surface area contributed by atoms with E-state index in [9.17, 15) is 5.11 Å². The van der Waals surface area contributed by atoms with E-state index in [0.29, 0.717) is 18.1 Å². The molecule has 0 radical (unpaired) electrons. The number of ether oxygens (including phenoxy) is 2. The Hall–Kier alpha value is -2.82. The third-order valence-electron chi connectivity index (χ3n) is 4.40. The van der Waals surface area contributed by atoms with Crippen LogP contribution in [-0.2, 0) is 12.2 Å². The van der Waals surface area contributed by atoms with Crippen LogP contribution in [0.25, 0.3) is 10.1 Å². The van der Waals surface area contributed by atoms with Crippen molar-refractivity contribution in [2.24, 2.45) is 0 Å². The van der Waals surface area contributed by atoms with Crippen LogP contribution in [0.1, 0.15) is 24.3 Å². The first-order valence-electron chi connectivity index (χ1n) is 9.20. The molecule has 4 heteroatoms. The summed E-state index contributed by atoms with van der Waals surface area (Å²) in [6.07, 6.45) is 0. The van der Waals surface area contributed by atoms with Crippen molar-refractivity contribution in [1.82, 2.24) is 0 Å². The van der Waals surface area contributed by atoms with Crippen LogP contribution in [0.3, 0.4) is 0 Å². The maximum atomic E-state index is 10.6. The van der Waals surface area contributed by atoms with Gasteiger partial charge in [-0.2, -0.15) is 0 Å². The molecule has 28 heavy (non-hydrogen) atoms. The highest BCUT2D eigenvalue weighted by molar-refractivity contribution is 7.19. The molecule has 0 bridgehead atoms. The quantitative estimate of drug-likeness (QED) is 0.408. The van der Waals surface area contributed by atoms with Crippen molar-refractivity contribution >= 4 is 21.4 Å². The van der Waals surface area contributed by atoms with Gasteiger partial charge in [-0.25, -0.2) is 0 Å². The zero-order valence-corrected chi connectivity index (χ0v) is 16.7. The largest absolute Gasteiger partial charge is 0.489 e. The van der Waals surface area contributed by atoms with E-state index in [0.717, 1.165) is 26.3 Å². The summed E-state index contributed by atoms with van der Waals surface area (Å²) in [7, 11) is 0. The lowest BCUT2D eigenvalue weighted by molar-refractivity contribution is 0.0805. The Morgan fingerprint density at radius 1 is 0.821 bits per heavy atom. The van der Waals surface area contributed by atoms with Crippen LogP contribution in [0.5, 0.6) is 17.2 Å². The standard InChI is InChI=1S/C24H22O3S/c1-24(2,25)23-22(20-10-6-7-11-21(20)28-23)27-19-14-12-18(13-15-19)26-16-17-8-4-3-5-9-17/h3-15,25H,16H2,1-2H3. The summed E-state index contributed by atoms with van der Waals surface area (Å²) in [4.78, 5) is 0.818. The van der Waals surface area contributed by atoms with E-state index in [1.54, 1.807) is 25.2 Å². The molecule has 0 atom stereocenters. The van der Waals surface area contributed by atoms with Gasteiger partial charge in [-0.15, -0.1) is 11.3 Å². The zero-order chi connectivity index (χ0) is 19.6. The topological polar surface area (TPSA) is 38.7 Å². The maximum Gasteiger partial charge on any atom is 0.152 e. The van der Waals surface area contributed by atoms with Crippen molar-refractivity contribution in [3.8, 4) is 17.2 Å². The van der Waals surface area contributed by atoms with Crippen molar-refractivity contribution in [3.63, 3.8) is 0 Å². The molecular formula is C24H22O3S. The van der Waals surface area contributed by atoms with Crippen molar-refractivity contribution in [1.29, 1.82) is 0 Å². The number of thiophene rings is 1. The van der Waals surface area contributed by atoms with Crippen molar-refractivity contribution in [2.75, 3.05) is 0 Å². The molecule has 3 nitrogen and oxygen atoms in total. The number of aliphatic hydroxyl groups is 1. The van der Waals surface area contributed by atoms with E-state index in [2.05, 4.69) is 0 Å². The first kappa shape index (κ1) is 18.5. The summed E-state index contributed by atoms with van der Waals surface area (Å²) >= 11 is 1.56.